The molecule has 4 heteroatoms. The van der Waals surface area contributed by atoms with Gasteiger partial charge in [-0.15, -0.1) is 6.42 Å². The van der Waals surface area contributed by atoms with Gasteiger partial charge in [-0.1, -0.05) is 5.92 Å². The molecule has 0 aromatic carbocycles. The lowest BCUT2D eigenvalue weighted by molar-refractivity contribution is -0.142. The van der Waals surface area contributed by atoms with Crippen LogP contribution in [0, 0.1) is 12.3 Å². The number of nitrogens with zero attached hydrogens (tertiary/aromatic N) is 1. The third-order valence-electron chi connectivity index (χ3n) is 2.61. The normalized spacial score (nSPS) is 21.4. The zero-order valence-corrected chi connectivity index (χ0v) is 9.94. The summed E-state index contributed by atoms with van der Waals surface area (Å²) in [5, 5.41) is 0. The first kappa shape index (κ1) is 13.0. The Hall–Kier alpha value is -1.05. The van der Waals surface area contributed by atoms with Gasteiger partial charge in [0.05, 0.1) is 19.3 Å². The van der Waals surface area contributed by atoms with Crippen LogP contribution in [0.5, 0.6) is 0 Å². The lowest BCUT2D eigenvalue weighted by atomic mass is 10.2. The molecule has 1 fully saturated rings. The van der Waals surface area contributed by atoms with Crippen LogP contribution >= 0.6 is 0 Å². The Morgan fingerprint density at radius 3 is 3.06 bits per heavy atom. The predicted molar refractivity (Wildman–Crippen MR) is 60.9 cm³/mol. The van der Waals surface area contributed by atoms with Gasteiger partial charge in [0.15, 0.2) is 0 Å². The largest absolute Gasteiger partial charge is 0.376 e. The molecule has 0 unspecified atom stereocenters. The molecule has 0 spiro atoms. The van der Waals surface area contributed by atoms with Crippen LogP contribution in [-0.2, 0) is 14.3 Å². The van der Waals surface area contributed by atoms with Crippen molar-refractivity contribution < 1.29 is 14.3 Å². The van der Waals surface area contributed by atoms with E-state index in [1.165, 1.54) is 4.90 Å². The van der Waals surface area contributed by atoms with Crippen molar-refractivity contribution in [3.05, 3.63) is 0 Å². The zero-order chi connectivity index (χ0) is 12.0. The lowest BCUT2D eigenvalue weighted by Crippen LogP contribution is -2.37. The molecule has 0 aliphatic carbocycles. The van der Waals surface area contributed by atoms with Gasteiger partial charge in [-0.25, -0.2) is 0 Å². The number of amides is 1. The SMILES string of the molecule is C#CCN(C)C(=O)[C@@H](C)OC[C@H]1CCCO1. The molecule has 1 aliphatic rings. The third kappa shape index (κ3) is 3.84. The lowest BCUT2D eigenvalue weighted by Gasteiger charge is -2.20. The summed E-state index contributed by atoms with van der Waals surface area (Å²) in [6.45, 7) is 3.33. The Kier molecular flexibility index (Phi) is 5.30. The molecule has 16 heavy (non-hydrogen) atoms. The minimum absolute atomic E-state index is 0.0871. The number of carbonyl (C=O) groups is 1. The predicted octanol–water partition coefficient (Wildman–Crippen LogP) is 0.662. The topological polar surface area (TPSA) is 38.8 Å². The minimum Gasteiger partial charge on any atom is -0.376 e. The van der Waals surface area contributed by atoms with E-state index in [0.29, 0.717) is 13.2 Å². The molecule has 90 valence electrons. The van der Waals surface area contributed by atoms with Crippen molar-refractivity contribution in [1.82, 2.24) is 4.90 Å². The molecule has 4 nitrogen and oxygen atoms in total. The average molecular weight is 225 g/mol. The fourth-order valence-corrected chi connectivity index (χ4v) is 1.62. The highest BCUT2D eigenvalue weighted by Gasteiger charge is 2.21. The van der Waals surface area contributed by atoms with E-state index in [0.717, 1.165) is 19.4 Å². The monoisotopic (exact) mass is 225 g/mol. The Balaban J connectivity index is 2.25. The van der Waals surface area contributed by atoms with E-state index in [2.05, 4.69) is 5.92 Å². The standard InChI is InChI=1S/C12H19NO3/c1-4-7-13(3)12(14)10(2)16-9-11-6-5-8-15-11/h1,10-11H,5-9H2,2-3H3/t10-,11-/m1/s1. The number of carbonyl (C=O) groups excluding carboxylic acids is 1. The quantitative estimate of drug-likeness (QED) is 0.645. The number of hydrogen-bond donors (Lipinski definition) is 0. The van der Waals surface area contributed by atoms with Gasteiger partial charge in [0.1, 0.15) is 6.10 Å². The summed E-state index contributed by atoms with van der Waals surface area (Å²) in [6.07, 6.45) is 6.92. The molecule has 1 heterocycles. The van der Waals surface area contributed by atoms with Gasteiger partial charge in [-0.05, 0) is 19.8 Å². The van der Waals surface area contributed by atoms with Crippen LogP contribution in [-0.4, -0.2) is 49.8 Å². The molecule has 0 bridgehead atoms. The summed E-state index contributed by atoms with van der Waals surface area (Å²) >= 11 is 0. The molecular formula is C12H19NO3. The third-order valence-corrected chi connectivity index (χ3v) is 2.61. The molecule has 0 radical (unpaired) electrons. The van der Waals surface area contributed by atoms with E-state index >= 15 is 0 Å². The first-order valence-corrected chi connectivity index (χ1v) is 5.56. The Bertz CT molecular complexity index is 266. The number of ether oxygens (including phenoxy) is 2. The number of likely N-dealkylation sites (N-methyl/N-ethyl adjacent to an activating group) is 1. The van der Waals surface area contributed by atoms with Gasteiger partial charge in [0.25, 0.3) is 5.91 Å². The molecule has 2 atom stereocenters. The van der Waals surface area contributed by atoms with Crippen LogP contribution in [0.1, 0.15) is 19.8 Å². The second kappa shape index (κ2) is 6.51. The highest BCUT2D eigenvalue weighted by atomic mass is 16.5. The highest BCUT2D eigenvalue weighted by Crippen LogP contribution is 2.13. The van der Waals surface area contributed by atoms with Crippen molar-refractivity contribution in [2.75, 3.05) is 26.8 Å². The Morgan fingerprint density at radius 1 is 1.75 bits per heavy atom. The molecule has 1 rings (SSSR count). The van der Waals surface area contributed by atoms with Crippen LogP contribution in [0.25, 0.3) is 0 Å². The summed E-state index contributed by atoms with van der Waals surface area (Å²) < 4.78 is 10.9. The summed E-state index contributed by atoms with van der Waals surface area (Å²) in [7, 11) is 1.67. The fraction of sp³-hybridized carbons (Fsp3) is 0.750. The maximum absolute atomic E-state index is 11.7. The smallest absolute Gasteiger partial charge is 0.251 e. The van der Waals surface area contributed by atoms with Gasteiger partial charge in [-0.2, -0.15) is 0 Å². The van der Waals surface area contributed by atoms with Gasteiger partial charge in [0.2, 0.25) is 0 Å². The van der Waals surface area contributed by atoms with Crippen LogP contribution in [0.15, 0.2) is 0 Å². The Labute approximate surface area is 96.9 Å². The molecule has 0 aromatic rings. The molecule has 0 saturated carbocycles. The van der Waals surface area contributed by atoms with Crippen molar-refractivity contribution in [1.29, 1.82) is 0 Å². The maximum Gasteiger partial charge on any atom is 0.251 e. The van der Waals surface area contributed by atoms with E-state index in [1.54, 1.807) is 14.0 Å². The van der Waals surface area contributed by atoms with Crippen molar-refractivity contribution in [3.63, 3.8) is 0 Å². The molecule has 1 aliphatic heterocycles. The summed E-state index contributed by atoms with van der Waals surface area (Å²) in [6, 6.07) is 0. The van der Waals surface area contributed by atoms with E-state index in [9.17, 15) is 4.79 Å². The van der Waals surface area contributed by atoms with E-state index in [1.807, 2.05) is 0 Å². The summed E-state index contributed by atoms with van der Waals surface area (Å²) in [5.41, 5.74) is 0. The Morgan fingerprint density at radius 2 is 2.50 bits per heavy atom. The van der Waals surface area contributed by atoms with Gasteiger partial charge in [0, 0.05) is 13.7 Å². The summed E-state index contributed by atoms with van der Waals surface area (Å²) in [5.74, 6) is 2.34. The molecule has 1 amide bonds. The number of rotatable bonds is 5. The first-order chi connectivity index (χ1) is 7.65. The van der Waals surface area contributed by atoms with E-state index in [-0.39, 0.29) is 12.0 Å². The summed E-state index contributed by atoms with van der Waals surface area (Å²) in [4.78, 5) is 13.2. The number of terminal acetylenes is 1. The van der Waals surface area contributed by atoms with Crippen LogP contribution in [0.2, 0.25) is 0 Å². The van der Waals surface area contributed by atoms with Crippen LogP contribution in [0.3, 0.4) is 0 Å². The van der Waals surface area contributed by atoms with Crippen LogP contribution < -0.4 is 0 Å². The van der Waals surface area contributed by atoms with Gasteiger partial charge in [-0.3, -0.25) is 4.79 Å². The van der Waals surface area contributed by atoms with E-state index in [4.69, 9.17) is 15.9 Å². The van der Waals surface area contributed by atoms with Gasteiger partial charge >= 0.3 is 0 Å². The van der Waals surface area contributed by atoms with Crippen molar-refractivity contribution in [3.8, 4) is 12.3 Å². The van der Waals surface area contributed by atoms with Crippen molar-refractivity contribution in [2.45, 2.75) is 32.0 Å². The second-order valence-corrected chi connectivity index (χ2v) is 4.01. The highest BCUT2D eigenvalue weighted by molar-refractivity contribution is 5.80. The van der Waals surface area contributed by atoms with Crippen molar-refractivity contribution in [2.24, 2.45) is 0 Å². The molecule has 0 aromatic heterocycles. The molecule has 1 saturated heterocycles. The second-order valence-electron chi connectivity index (χ2n) is 4.01. The minimum atomic E-state index is -0.456. The van der Waals surface area contributed by atoms with Crippen molar-refractivity contribution >= 4 is 5.91 Å². The zero-order valence-electron chi connectivity index (χ0n) is 9.94. The number of hydrogen-bond acceptors (Lipinski definition) is 3. The molecular weight excluding hydrogens is 206 g/mol. The first-order valence-electron chi connectivity index (χ1n) is 5.56. The van der Waals surface area contributed by atoms with Gasteiger partial charge < -0.3 is 14.4 Å². The average Bonchev–Trinajstić information content (AvgIpc) is 2.78. The van der Waals surface area contributed by atoms with E-state index < -0.39 is 6.10 Å². The van der Waals surface area contributed by atoms with Crippen LogP contribution in [0.4, 0.5) is 0 Å². The fourth-order valence-electron chi connectivity index (χ4n) is 1.62. The molecule has 0 N–H and O–H groups in total. The maximum atomic E-state index is 11.7.